The standard InChI is InChI=1S/C12H18FNS/c1-12(2,3)11(14)8-15-10-6-4-5-9(13)7-10/h4-7,11H,8,14H2,1-3H3. The number of rotatable bonds is 3. The first-order valence-corrected chi connectivity index (χ1v) is 6.02. The van der Waals surface area contributed by atoms with E-state index in [4.69, 9.17) is 5.73 Å². The molecule has 1 aromatic rings. The molecule has 3 heteroatoms. The van der Waals surface area contributed by atoms with E-state index in [-0.39, 0.29) is 17.3 Å². The van der Waals surface area contributed by atoms with Gasteiger partial charge in [-0.1, -0.05) is 26.8 Å². The summed E-state index contributed by atoms with van der Waals surface area (Å²) in [7, 11) is 0. The van der Waals surface area contributed by atoms with E-state index in [1.54, 1.807) is 23.9 Å². The van der Waals surface area contributed by atoms with Crippen LogP contribution in [-0.4, -0.2) is 11.8 Å². The lowest BCUT2D eigenvalue weighted by molar-refractivity contribution is 0.344. The Morgan fingerprint density at radius 3 is 2.60 bits per heavy atom. The van der Waals surface area contributed by atoms with E-state index in [2.05, 4.69) is 20.8 Å². The van der Waals surface area contributed by atoms with E-state index in [0.717, 1.165) is 10.6 Å². The highest BCUT2D eigenvalue weighted by molar-refractivity contribution is 7.99. The zero-order valence-corrected chi connectivity index (χ0v) is 10.3. The fourth-order valence-electron chi connectivity index (χ4n) is 0.993. The van der Waals surface area contributed by atoms with Crippen LogP contribution in [0.3, 0.4) is 0 Å². The summed E-state index contributed by atoms with van der Waals surface area (Å²) < 4.78 is 12.9. The molecule has 1 aromatic carbocycles. The third-order valence-corrected chi connectivity index (χ3v) is 3.45. The molecule has 0 saturated heterocycles. The highest BCUT2D eigenvalue weighted by atomic mass is 32.2. The van der Waals surface area contributed by atoms with Crippen molar-refractivity contribution in [1.29, 1.82) is 0 Å². The number of thioether (sulfide) groups is 1. The first-order valence-electron chi connectivity index (χ1n) is 5.03. The average Bonchev–Trinajstić information content (AvgIpc) is 2.12. The summed E-state index contributed by atoms with van der Waals surface area (Å²) in [5, 5.41) is 0. The smallest absolute Gasteiger partial charge is 0.124 e. The van der Waals surface area contributed by atoms with Crippen molar-refractivity contribution in [3.63, 3.8) is 0 Å². The first kappa shape index (κ1) is 12.5. The number of halogens is 1. The van der Waals surface area contributed by atoms with Crippen molar-refractivity contribution in [3.05, 3.63) is 30.1 Å². The highest BCUT2D eigenvalue weighted by Gasteiger charge is 2.20. The van der Waals surface area contributed by atoms with Gasteiger partial charge in [-0.25, -0.2) is 4.39 Å². The molecule has 0 fully saturated rings. The average molecular weight is 227 g/mol. The normalized spacial score (nSPS) is 13.9. The minimum Gasteiger partial charge on any atom is -0.326 e. The largest absolute Gasteiger partial charge is 0.326 e. The Morgan fingerprint density at radius 2 is 2.07 bits per heavy atom. The van der Waals surface area contributed by atoms with Crippen molar-refractivity contribution in [1.82, 2.24) is 0 Å². The minimum absolute atomic E-state index is 0.0975. The molecule has 1 atom stereocenters. The molecule has 1 unspecified atom stereocenters. The second kappa shape index (κ2) is 4.99. The van der Waals surface area contributed by atoms with Crippen molar-refractivity contribution in [3.8, 4) is 0 Å². The van der Waals surface area contributed by atoms with Gasteiger partial charge in [0.1, 0.15) is 5.82 Å². The zero-order chi connectivity index (χ0) is 11.5. The maximum Gasteiger partial charge on any atom is 0.124 e. The molecule has 0 aromatic heterocycles. The fourth-order valence-corrected chi connectivity index (χ4v) is 2.24. The minimum atomic E-state index is -0.190. The van der Waals surface area contributed by atoms with Crippen LogP contribution in [-0.2, 0) is 0 Å². The number of nitrogens with two attached hydrogens (primary N) is 1. The first-order chi connectivity index (χ1) is 6.89. The van der Waals surface area contributed by atoms with Gasteiger partial charge in [0.25, 0.3) is 0 Å². The summed E-state index contributed by atoms with van der Waals surface area (Å²) in [6.07, 6.45) is 0. The second-order valence-electron chi connectivity index (χ2n) is 4.74. The topological polar surface area (TPSA) is 26.0 Å². The van der Waals surface area contributed by atoms with E-state index >= 15 is 0 Å². The van der Waals surface area contributed by atoms with Crippen LogP contribution in [0.1, 0.15) is 20.8 Å². The Kier molecular flexibility index (Phi) is 4.17. The molecule has 0 spiro atoms. The maximum atomic E-state index is 12.9. The Balaban J connectivity index is 2.51. The van der Waals surface area contributed by atoms with E-state index in [1.165, 1.54) is 6.07 Å². The number of hydrogen-bond donors (Lipinski definition) is 1. The molecular weight excluding hydrogens is 209 g/mol. The van der Waals surface area contributed by atoms with Gasteiger partial charge in [-0.3, -0.25) is 0 Å². The third-order valence-electron chi connectivity index (χ3n) is 2.34. The molecular formula is C12H18FNS. The van der Waals surface area contributed by atoms with Crippen LogP contribution in [0.25, 0.3) is 0 Å². The molecule has 0 saturated carbocycles. The molecule has 2 N–H and O–H groups in total. The molecule has 0 heterocycles. The molecule has 84 valence electrons. The molecule has 0 aliphatic rings. The third kappa shape index (κ3) is 4.22. The summed E-state index contributed by atoms with van der Waals surface area (Å²) in [4.78, 5) is 0.940. The molecule has 1 rings (SSSR count). The van der Waals surface area contributed by atoms with Gasteiger partial charge in [-0.2, -0.15) is 0 Å². The van der Waals surface area contributed by atoms with Crippen LogP contribution in [0, 0.1) is 11.2 Å². The summed E-state index contributed by atoms with van der Waals surface area (Å²) in [5.74, 6) is 0.622. The van der Waals surface area contributed by atoms with Crippen LogP contribution in [0.2, 0.25) is 0 Å². The van der Waals surface area contributed by atoms with Gasteiger partial charge < -0.3 is 5.73 Å². The lowest BCUT2D eigenvalue weighted by Gasteiger charge is -2.26. The van der Waals surface area contributed by atoms with Gasteiger partial charge >= 0.3 is 0 Å². The Hall–Kier alpha value is -0.540. The maximum absolute atomic E-state index is 12.9. The van der Waals surface area contributed by atoms with Gasteiger partial charge in [0.2, 0.25) is 0 Å². The molecule has 0 radical (unpaired) electrons. The summed E-state index contributed by atoms with van der Waals surface area (Å²) in [6.45, 7) is 6.34. The van der Waals surface area contributed by atoms with Gasteiger partial charge in [0, 0.05) is 16.7 Å². The molecule has 0 aliphatic carbocycles. The SMILES string of the molecule is CC(C)(C)C(N)CSc1cccc(F)c1. The number of hydrogen-bond acceptors (Lipinski definition) is 2. The lowest BCUT2D eigenvalue weighted by atomic mass is 9.89. The van der Waals surface area contributed by atoms with E-state index < -0.39 is 0 Å². The molecule has 1 nitrogen and oxygen atoms in total. The van der Waals surface area contributed by atoms with Gasteiger partial charge in [-0.05, 0) is 23.6 Å². The predicted octanol–water partition coefficient (Wildman–Crippen LogP) is 3.29. The van der Waals surface area contributed by atoms with Gasteiger partial charge in [0.15, 0.2) is 0 Å². The van der Waals surface area contributed by atoms with Gasteiger partial charge in [0.05, 0.1) is 0 Å². The number of benzene rings is 1. The van der Waals surface area contributed by atoms with Crippen LogP contribution >= 0.6 is 11.8 Å². The Labute approximate surface area is 95.2 Å². The predicted molar refractivity (Wildman–Crippen MR) is 64.6 cm³/mol. The quantitative estimate of drug-likeness (QED) is 0.802. The Bertz CT molecular complexity index is 320. The summed E-state index contributed by atoms with van der Waals surface area (Å²) >= 11 is 1.60. The van der Waals surface area contributed by atoms with Crippen LogP contribution in [0.4, 0.5) is 4.39 Å². The van der Waals surface area contributed by atoms with Crippen molar-refractivity contribution in [2.45, 2.75) is 31.7 Å². The lowest BCUT2D eigenvalue weighted by Crippen LogP contribution is -2.37. The van der Waals surface area contributed by atoms with E-state index in [0.29, 0.717) is 0 Å². The summed E-state index contributed by atoms with van der Waals surface area (Å²) in [5.41, 5.74) is 6.12. The fraction of sp³-hybridized carbons (Fsp3) is 0.500. The van der Waals surface area contributed by atoms with E-state index in [9.17, 15) is 4.39 Å². The van der Waals surface area contributed by atoms with Crippen molar-refractivity contribution in [2.75, 3.05) is 5.75 Å². The molecule has 0 aliphatic heterocycles. The van der Waals surface area contributed by atoms with E-state index in [1.807, 2.05) is 6.07 Å². The van der Waals surface area contributed by atoms with Crippen molar-refractivity contribution < 1.29 is 4.39 Å². The van der Waals surface area contributed by atoms with Crippen LogP contribution in [0.15, 0.2) is 29.2 Å². The van der Waals surface area contributed by atoms with Crippen molar-refractivity contribution >= 4 is 11.8 Å². The van der Waals surface area contributed by atoms with Crippen LogP contribution in [0.5, 0.6) is 0 Å². The van der Waals surface area contributed by atoms with Gasteiger partial charge in [-0.15, -0.1) is 11.8 Å². The monoisotopic (exact) mass is 227 g/mol. The Morgan fingerprint density at radius 1 is 1.40 bits per heavy atom. The molecule has 15 heavy (non-hydrogen) atoms. The molecule has 0 amide bonds. The zero-order valence-electron chi connectivity index (χ0n) is 9.46. The van der Waals surface area contributed by atoms with Crippen molar-refractivity contribution in [2.24, 2.45) is 11.1 Å². The molecule has 0 bridgehead atoms. The summed E-state index contributed by atoms with van der Waals surface area (Å²) in [6, 6.07) is 6.74. The highest BCUT2D eigenvalue weighted by Crippen LogP contribution is 2.25. The van der Waals surface area contributed by atoms with Crippen LogP contribution < -0.4 is 5.73 Å². The second-order valence-corrected chi connectivity index (χ2v) is 5.83.